The first kappa shape index (κ1) is 18.6. The lowest BCUT2D eigenvalue weighted by Gasteiger charge is -2.26. The molecule has 140 valence electrons. The van der Waals surface area contributed by atoms with Crippen molar-refractivity contribution in [3.63, 3.8) is 0 Å². The normalized spacial score (nSPS) is 19.3. The van der Waals surface area contributed by atoms with E-state index >= 15 is 0 Å². The van der Waals surface area contributed by atoms with Crippen molar-refractivity contribution in [1.29, 1.82) is 5.41 Å². The highest BCUT2D eigenvalue weighted by molar-refractivity contribution is 5.96. The van der Waals surface area contributed by atoms with E-state index in [9.17, 15) is 9.59 Å². The first-order valence-corrected chi connectivity index (χ1v) is 9.02. The number of hydrogen-bond donors (Lipinski definition) is 4. The fourth-order valence-electron chi connectivity index (χ4n) is 3.41. The molecule has 0 unspecified atom stereocenters. The maximum absolute atomic E-state index is 12.4. The van der Waals surface area contributed by atoms with Crippen molar-refractivity contribution >= 4 is 17.7 Å². The topological polar surface area (TPSA) is 116 Å². The van der Waals surface area contributed by atoms with E-state index in [1.54, 1.807) is 24.3 Å². The van der Waals surface area contributed by atoms with Crippen molar-refractivity contribution in [2.45, 2.75) is 31.7 Å². The molecule has 2 aromatic carbocycles. The Kier molecular flexibility index (Phi) is 5.54. The van der Waals surface area contributed by atoms with Gasteiger partial charge in [0.1, 0.15) is 5.84 Å². The lowest BCUT2D eigenvalue weighted by molar-refractivity contribution is -0.142. The molecular weight excluding hydrogens is 342 g/mol. The molecule has 1 saturated carbocycles. The number of nitrogens with one attached hydrogen (secondary N) is 2. The molecule has 0 aliphatic heterocycles. The molecule has 0 aromatic heterocycles. The Balaban J connectivity index is 1.60. The number of carbonyl (C=O) groups excluding carboxylic acids is 1. The summed E-state index contributed by atoms with van der Waals surface area (Å²) in [5.41, 5.74) is 8.68. The van der Waals surface area contributed by atoms with Crippen molar-refractivity contribution < 1.29 is 14.7 Å². The maximum atomic E-state index is 12.4. The Morgan fingerprint density at radius 1 is 0.889 bits per heavy atom. The summed E-state index contributed by atoms with van der Waals surface area (Å²) in [4.78, 5) is 23.4. The second-order valence-electron chi connectivity index (χ2n) is 6.93. The van der Waals surface area contributed by atoms with Gasteiger partial charge >= 0.3 is 5.97 Å². The molecule has 2 aromatic rings. The van der Waals surface area contributed by atoms with Gasteiger partial charge < -0.3 is 16.2 Å². The van der Waals surface area contributed by atoms with Gasteiger partial charge in [-0.25, -0.2) is 0 Å². The Hall–Kier alpha value is -3.15. The molecule has 1 fully saturated rings. The van der Waals surface area contributed by atoms with Crippen molar-refractivity contribution in [1.82, 2.24) is 5.32 Å². The van der Waals surface area contributed by atoms with E-state index in [2.05, 4.69) is 5.32 Å². The van der Waals surface area contributed by atoms with Crippen LogP contribution in [0.4, 0.5) is 0 Å². The molecule has 0 spiro atoms. The zero-order valence-electron chi connectivity index (χ0n) is 14.9. The number of carbonyl (C=O) groups is 2. The van der Waals surface area contributed by atoms with Crippen molar-refractivity contribution in [3.8, 4) is 11.1 Å². The van der Waals surface area contributed by atoms with Gasteiger partial charge in [-0.3, -0.25) is 15.0 Å². The van der Waals surface area contributed by atoms with Gasteiger partial charge in [-0.15, -0.1) is 0 Å². The first-order chi connectivity index (χ1) is 12.9. The number of nitrogen functional groups attached to an aromatic ring is 1. The van der Waals surface area contributed by atoms with Crippen LogP contribution in [-0.2, 0) is 4.79 Å². The van der Waals surface area contributed by atoms with Crippen LogP contribution < -0.4 is 11.1 Å². The average molecular weight is 365 g/mol. The minimum Gasteiger partial charge on any atom is -0.481 e. The number of aliphatic carboxylic acids is 1. The first-order valence-electron chi connectivity index (χ1n) is 9.02. The van der Waals surface area contributed by atoms with Crippen LogP contribution in [0.2, 0.25) is 0 Å². The third-order valence-electron chi connectivity index (χ3n) is 5.09. The molecule has 3 rings (SSSR count). The van der Waals surface area contributed by atoms with Crippen molar-refractivity contribution in [2.75, 3.05) is 0 Å². The number of amides is 1. The minimum absolute atomic E-state index is 0.0333. The van der Waals surface area contributed by atoms with Gasteiger partial charge in [0.25, 0.3) is 5.91 Å². The lowest BCUT2D eigenvalue weighted by atomic mass is 9.86. The summed E-state index contributed by atoms with van der Waals surface area (Å²) < 4.78 is 0. The highest BCUT2D eigenvalue weighted by Gasteiger charge is 2.26. The summed E-state index contributed by atoms with van der Waals surface area (Å²) in [7, 11) is 0. The Morgan fingerprint density at radius 3 is 1.81 bits per heavy atom. The van der Waals surface area contributed by atoms with E-state index in [0.717, 1.165) is 11.1 Å². The molecule has 0 atom stereocenters. The quantitative estimate of drug-likeness (QED) is 0.481. The van der Waals surface area contributed by atoms with Gasteiger partial charge in [0, 0.05) is 17.2 Å². The standard InChI is InChI=1S/C21H23N3O3/c22-19(23)15-5-1-13(2-6-15)14-3-7-16(8-4-14)20(25)24-18-11-9-17(10-12-18)21(26)27/h1-8,17-18H,9-12H2,(H3,22,23)(H,24,25)(H,26,27). The van der Waals surface area contributed by atoms with Crippen molar-refractivity contribution in [2.24, 2.45) is 11.7 Å². The Labute approximate surface area is 157 Å². The molecule has 0 radical (unpaired) electrons. The number of amidine groups is 1. The summed E-state index contributed by atoms with van der Waals surface area (Å²) in [6.07, 6.45) is 2.61. The van der Waals surface area contributed by atoms with E-state index in [1.165, 1.54) is 0 Å². The summed E-state index contributed by atoms with van der Waals surface area (Å²) in [5, 5.41) is 19.5. The molecule has 6 nitrogen and oxygen atoms in total. The second kappa shape index (κ2) is 8.03. The van der Waals surface area contributed by atoms with Gasteiger partial charge in [-0.1, -0.05) is 36.4 Å². The number of carboxylic acids is 1. The van der Waals surface area contributed by atoms with E-state index in [0.29, 0.717) is 36.8 Å². The zero-order valence-corrected chi connectivity index (χ0v) is 14.9. The van der Waals surface area contributed by atoms with Crippen LogP contribution in [0.15, 0.2) is 48.5 Å². The van der Waals surface area contributed by atoms with Crippen LogP contribution in [0, 0.1) is 11.3 Å². The number of hydrogen-bond acceptors (Lipinski definition) is 3. The molecule has 1 aliphatic carbocycles. The van der Waals surface area contributed by atoms with Gasteiger partial charge in [0.2, 0.25) is 0 Å². The second-order valence-corrected chi connectivity index (χ2v) is 6.93. The predicted molar refractivity (Wildman–Crippen MR) is 104 cm³/mol. The summed E-state index contributed by atoms with van der Waals surface area (Å²) >= 11 is 0. The molecule has 1 amide bonds. The molecule has 0 saturated heterocycles. The number of benzene rings is 2. The minimum atomic E-state index is -0.744. The smallest absolute Gasteiger partial charge is 0.306 e. The van der Waals surface area contributed by atoms with Crippen LogP contribution in [-0.4, -0.2) is 28.9 Å². The van der Waals surface area contributed by atoms with Gasteiger partial charge in [0.05, 0.1) is 5.92 Å². The number of nitrogens with two attached hydrogens (primary N) is 1. The fraction of sp³-hybridized carbons (Fsp3) is 0.286. The van der Waals surface area contributed by atoms with E-state index in [1.807, 2.05) is 24.3 Å². The third kappa shape index (κ3) is 4.53. The number of rotatable bonds is 5. The average Bonchev–Trinajstić information content (AvgIpc) is 2.68. The largest absolute Gasteiger partial charge is 0.481 e. The Morgan fingerprint density at radius 2 is 1.37 bits per heavy atom. The van der Waals surface area contributed by atoms with Crippen LogP contribution in [0.5, 0.6) is 0 Å². The van der Waals surface area contributed by atoms with Crippen LogP contribution in [0.1, 0.15) is 41.6 Å². The highest BCUT2D eigenvalue weighted by Crippen LogP contribution is 2.25. The lowest BCUT2D eigenvalue weighted by Crippen LogP contribution is -2.38. The fourth-order valence-corrected chi connectivity index (χ4v) is 3.41. The predicted octanol–water partition coefficient (Wildman–Crippen LogP) is 3.01. The molecule has 5 N–H and O–H groups in total. The van der Waals surface area contributed by atoms with E-state index < -0.39 is 5.97 Å². The molecule has 6 heteroatoms. The molecular formula is C21H23N3O3. The highest BCUT2D eigenvalue weighted by atomic mass is 16.4. The summed E-state index contributed by atoms with van der Waals surface area (Å²) in [5.74, 6) is -1.13. The van der Waals surface area contributed by atoms with Crippen LogP contribution >= 0.6 is 0 Å². The van der Waals surface area contributed by atoms with Crippen molar-refractivity contribution in [3.05, 3.63) is 59.7 Å². The SMILES string of the molecule is N=C(N)c1ccc(-c2ccc(C(=O)NC3CCC(C(=O)O)CC3)cc2)cc1. The molecule has 1 aliphatic rings. The summed E-state index contributed by atoms with van der Waals surface area (Å²) in [6.45, 7) is 0. The monoisotopic (exact) mass is 365 g/mol. The molecule has 0 bridgehead atoms. The maximum Gasteiger partial charge on any atom is 0.306 e. The Bertz CT molecular complexity index is 836. The third-order valence-corrected chi connectivity index (χ3v) is 5.09. The van der Waals surface area contributed by atoms with Gasteiger partial charge in [-0.2, -0.15) is 0 Å². The van der Waals surface area contributed by atoms with E-state index in [-0.39, 0.29) is 23.7 Å². The van der Waals surface area contributed by atoms with Gasteiger partial charge in [0.15, 0.2) is 0 Å². The molecule has 27 heavy (non-hydrogen) atoms. The zero-order chi connectivity index (χ0) is 19.4. The summed E-state index contributed by atoms with van der Waals surface area (Å²) in [6, 6.07) is 14.8. The van der Waals surface area contributed by atoms with Gasteiger partial charge in [-0.05, 0) is 48.9 Å². The van der Waals surface area contributed by atoms with Crippen LogP contribution in [0.25, 0.3) is 11.1 Å². The van der Waals surface area contributed by atoms with Crippen LogP contribution in [0.3, 0.4) is 0 Å². The number of carboxylic acid groups (broad SMARTS) is 1. The van der Waals surface area contributed by atoms with E-state index in [4.69, 9.17) is 16.2 Å². The molecule has 0 heterocycles.